The van der Waals surface area contributed by atoms with Crippen molar-refractivity contribution in [3.8, 4) is 0 Å². The van der Waals surface area contributed by atoms with Crippen LogP contribution in [0.5, 0.6) is 0 Å². The van der Waals surface area contributed by atoms with Crippen molar-refractivity contribution in [3.63, 3.8) is 0 Å². The third-order valence-corrected chi connectivity index (χ3v) is 3.35. The maximum atomic E-state index is 10.4. The molecule has 18 heavy (non-hydrogen) atoms. The van der Waals surface area contributed by atoms with Gasteiger partial charge in [-0.1, -0.05) is 13.8 Å². The summed E-state index contributed by atoms with van der Waals surface area (Å²) in [6.45, 7) is 8.87. The van der Waals surface area contributed by atoms with E-state index in [0.717, 1.165) is 13.1 Å². The highest BCUT2D eigenvalue weighted by Crippen LogP contribution is 2.18. The third kappa shape index (κ3) is 4.82. The van der Waals surface area contributed by atoms with Crippen molar-refractivity contribution in [2.75, 3.05) is 40.4 Å². The van der Waals surface area contributed by atoms with Gasteiger partial charge in [-0.25, -0.2) is 0 Å². The maximum Gasteiger partial charge on any atom is 0.0971 e. The second-order valence-electron chi connectivity index (χ2n) is 5.77. The average molecular weight is 260 g/mol. The highest BCUT2D eigenvalue weighted by Gasteiger charge is 2.36. The smallest absolute Gasteiger partial charge is 0.0971 e. The summed E-state index contributed by atoms with van der Waals surface area (Å²) < 4.78 is 10.8. The van der Waals surface area contributed by atoms with E-state index in [1.165, 1.54) is 0 Å². The van der Waals surface area contributed by atoms with Gasteiger partial charge in [0.15, 0.2) is 0 Å². The topological polar surface area (TPSA) is 54.0 Å². The standard InChI is InChI=1S/C13H28N2O3/c1-10(2)14-8-13(3,16)9-15-6-11(17-4)12(7-15)18-5/h10-12,14,16H,6-9H2,1-5H3. The molecule has 1 aliphatic rings. The van der Waals surface area contributed by atoms with Crippen LogP contribution in [0.2, 0.25) is 0 Å². The van der Waals surface area contributed by atoms with Gasteiger partial charge in [0.25, 0.3) is 0 Å². The van der Waals surface area contributed by atoms with Gasteiger partial charge in [0.05, 0.1) is 17.8 Å². The van der Waals surface area contributed by atoms with E-state index in [0.29, 0.717) is 19.1 Å². The van der Waals surface area contributed by atoms with Crippen LogP contribution >= 0.6 is 0 Å². The lowest BCUT2D eigenvalue weighted by Gasteiger charge is -2.30. The van der Waals surface area contributed by atoms with Crippen LogP contribution in [0.25, 0.3) is 0 Å². The van der Waals surface area contributed by atoms with Crippen LogP contribution in [0.4, 0.5) is 0 Å². The number of hydrogen-bond acceptors (Lipinski definition) is 5. The molecule has 5 nitrogen and oxygen atoms in total. The lowest BCUT2D eigenvalue weighted by molar-refractivity contribution is -0.00461. The highest BCUT2D eigenvalue weighted by atomic mass is 16.5. The van der Waals surface area contributed by atoms with Crippen LogP contribution in [0.3, 0.4) is 0 Å². The molecule has 0 saturated carbocycles. The molecule has 108 valence electrons. The Hall–Kier alpha value is -0.200. The van der Waals surface area contributed by atoms with Crippen molar-refractivity contribution >= 4 is 0 Å². The molecule has 3 atom stereocenters. The number of likely N-dealkylation sites (tertiary alicyclic amines) is 1. The van der Waals surface area contributed by atoms with E-state index < -0.39 is 5.60 Å². The zero-order chi connectivity index (χ0) is 13.8. The number of ether oxygens (including phenoxy) is 2. The van der Waals surface area contributed by atoms with Crippen molar-refractivity contribution in [1.82, 2.24) is 10.2 Å². The molecule has 1 saturated heterocycles. The van der Waals surface area contributed by atoms with Crippen LogP contribution in [0.1, 0.15) is 20.8 Å². The van der Waals surface area contributed by atoms with Gasteiger partial charge in [-0.15, -0.1) is 0 Å². The summed E-state index contributed by atoms with van der Waals surface area (Å²) in [7, 11) is 3.41. The normalized spacial score (nSPS) is 28.8. The Morgan fingerprint density at radius 1 is 1.28 bits per heavy atom. The number of hydrogen-bond donors (Lipinski definition) is 2. The van der Waals surface area contributed by atoms with Gasteiger partial charge in [-0.2, -0.15) is 0 Å². The van der Waals surface area contributed by atoms with E-state index in [1.807, 2.05) is 6.92 Å². The molecule has 1 heterocycles. The second-order valence-corrected chi connectivity index (χ2v) is 5.77. The van der Waals surface area contributed by atoms with Crippen LogP contribution in [-0.4, -0.2) is 74.3 Å². The Bertz CT molecular complexity index is 234. The van der Waals surface area contributed by atoms with Crippen molar-refractivity contribution in [2.24, 2.45) is 0 Å². The molecule has 2 N–H and O–H groups in total. The number of nitrogens with zero attached hydrogens (tertiary/aromatic N) is 1. The molecule has 0 aromatic heterocycles. The molecule has 0 aliphatic carbocycles. The molecule has 1 aliphatic heterocycles. The molecule has 1 rings (SSSR count). The fourth-order valence-electron chi connectivity index (χ4n) is 2.36. The summed E-state index contributed by atoms with van der Waals surface area (Å²) in [6, 6.07) is 0.383. The van der Waals surface area contributed by atoms with Gasteiger partial charge < -0.3 is 19.9 Å². The Kier molecular flexibility index (Phi) is 6.01. The lowest BCUT2D eigenvalue weighted by atomic mass is 10.1. The van der Waals surface area contributed by atoms with Crippen molar-refractivity contribution in [1.29, 1.82) is 0 Å². The zero-order valence-electron chi connectivity index (χ0n) is 12.3. The molecule has 0 radical (unpaired) electrons. The Morgan fingerprint density at radius 2 is 1.78 bits per heavy atom. The number of β-amino-alcohol motifs (C(OH)–C–C–N with tert-alkyl or cyclic N) is 1. The van der Waals surface area contributed by atoms with Gasteiger partial charge >= 0.3 is 0 Å². The van der Waals surface area contributed by atoms with Gasteiger partial charge in [-0.05, 0) is 6.92 Å². The van der Waals surface area contributed by atoms with E-state index in [2.05, 4.69) is 24.1 Å². The molecule has 5 heteroatoms. The zero-order valence-corrected chi connectivity index (χ0v) is 12.3. The predicted octanol–water partition coefficient (Wildman–Crippen LogP) is 0.0810. The molecule has 0 aromatic carbocycles. The van der Waals surface area contributed by atoms with Crippen molar-refractivity contribution in [2.45, 2.75) is 44.6 Å². The second kappa shape index (κ2) is 6.82. The fourth-order valence-corrected chi connectivity index (χ4v) is 2.36. The van der Waals surface area contributed by atoms with Gasteiger partial charge in [0, 0.05) is 46.4 Å². The SMILES string of the molecule is COC1CN(CC(C)(O)CNC(C)C)CC1OC. The molecule has 0 amide bonds. The summed E-state index contributed by atoms with van der Waals surface area (Å²) in [6.07, 6.45) is 0.202. The average Bonchev–Trinajstić information content (AvgIpc) is 2.68. The van der Waals surface area contributed by atoms with E-state index in [-0.39, 0.29) is 12.2 Å². The molecule has 0 bridgehead atoms. The lowest BCUT2D eigenvalue weighted by Crippen LogP contribution is -2.48. The molecular formula is C13H28N2O3. The molecular weight excluding hydrogens is 232 g/mol. The Balaban J connectivity index is 2.42. The Morgan fingerprint density at radius 3 is 2.17 bits per heavy atom. The molecule has 3 unspecified atom stereocenters. The third-order valence-electron chi connectivity index (χ3n) is 3.35. The van der Waals surface area contributed by atoms with E-state index in [4.69, 9.17) is 9.47 Å². The van der Waals surface area contributed by atoms with Gasteiger partial charge in [-0.3, -0.25) is 4.90 Å². The summed E-state index contributed by atoms with van der Waals surface area (Å²) in [5, 5.41) is 13.6. The first-order valence-corrected chi connectivity index (χ1v) is 6.61. The molecule has 0 spiro atoms. The summed E-state index contributed by atoms with van der Waals surface area (Å²) in [5.74, 6) is 0. The van der Waals surface area contributed by atoms with Crippen molar-refractivity contribution in [3.05, 3.63) is 0 Å². The molecule has 0 aromatic rings. The largest absolute Gasteiger partial charge is 0.388 e. The van der Waals surface area contributed by atoms with Gasteiger partial charge in [0.2, 0.25) is 0 Å². The number of methoxy groups -OCH3 is 2. The monoisotopic (exact) mass is 260 g/mol. The van der Waals surface area contributed by atoms with Gasteiger partial charge in [0.1, 0.15) is 0 Å². The number of nitrogens with one attached hydrogen (secondary N) is 1. The first kappa shape index (κ1) is 15.9. The number of aliphatic hydroxyl groups is 1. The van der Waals surface area contributed by atoms with Crippen LogP contribution in [-0.2, 0) is 9.47 Å². The minimum atomic E-state index is -0.731. The maximum absolute atomic E-state index is 10.4. The minimum absolute atomic E-state index is 0.101. The van der Waals surface area contributed by atoms with Crippen LogP contribution in [0, 0.1) is 0 Å². The fraction of sp³-hybridized carbons (Fsp3) is 1.00. The summed E-state index contributed by atoms with van der Waals surface area (Å²) >= 11 is 0. The highest BCUT2D eigenvalue weighted by molar-refractivity contribution is 4.90. The van der Waals surface area contributed by atoms with Crippen molar-refractivity contribution < 1.29 is 14.6 Å². The Labute approximate surface area is 110 Å². The van der Waals surface area contributed by atoms with Crippen LogP contribution < -0.4 is 5.32 Å². The van der Waals surface area contributed by atoms with E-state index >= 15 is 0 Å². The van der Waals surface area contributed by atoms with Crippen LogP contribution in [0.15, 0.2) is 0 Å². The number of rotatable bonds is 7. The van der Waals surface area contributed by atoms with E-state index in [1.54, 1.807) is 14.2 Å². The first-order valence-electron chi connectivity index (χ1n) is 6.61. The summed E-state index contributed by atoms with van der Waals surface area (Å²) in [4.78, 5) is 2.20. The predicted molar refractivity (Wildman–Crippen MR) is 71.8 cm³/mol. The quantitative estimate of drug-likeness (QED) is 0.679. The minimum Gasteiger partial charge on any atom is -0.388 e. The van der Waals surface area contributed by atoms with E-state index in [9.17, 15) is 5.11 Å². The summed E-state index contributed by atoms with van der Waals surface area (Å²) in [5.41, 5.74) is -0.731. The molecule has 1 fully saturated rings. The first-order chi connectivity index (χ1) is 8.38.